The lowest BCUT2D eigenvalue weighted by molar-refractivity contribution is -0.127. The third-order valence-electron chi connectivity index (χ3n) is 4.69. The number of Topliss-reactive ketones (excluding diaryl/α,β-unsaturated/α-hetero) is 1. The van der Waals surface area contributed by atoms with Gasteiger partial charge in [-0.25, -0.2) is 0 Å². The second-order valence-electron chi connectivity index (χ2n) is 6.48. The zero-order chi connectivity index (χ0) is 18.2. The quantitative estimate of drug-likeness (QED) is 0.434. The molecule has 0 saturated carbocycles. The van der Waals surface area contributed by atoms with Crippen LogP contribution in [0.15, 0.2) is 91.0 Å². The van der Waals surface area contributed by atoms with E-state index < -0.39 is 5.92 Å². The van der Waals surface area contributed by atoms with Crippen LogP contribution in [0.25, 0.3) is 0 Å². The zero-order valence-corrected chi connectivity index (χ0v) is 14.6. The molecule has 0 N–H and O–H groups in total. The maximum absolute atomic E-state index is 12.9. The molecule has 1 atom stereocenters. The molecule has 130 valence electrons. The second-order valence-corrected chi connectivity index (χ2v) is 6.48. The smallest absolute Gasteiger partial charge is 0.144 e. The molecule has 0 aliphatic rings. The minimum absolute atomic E-state index is 0.0124. The highest BCUT2D eigenvalue weighted by molar-refractivity contribution is 5.94. The SMILES string of the molecule is O=CC(Cc1ccccc1)C(=O)CC(c1ccccc1)c1ccccc1. The fourth-order valence-electron chi connectivity index (χ4n) is 3.26. The second kappa shape index (κ2) is 8.91. The van der Waals surface area contributed by atoms with Gasteiger partial charge in [-0.3, -0.25) is 4.79 Å². The molecule has 3 rings (SSSR count). The van der Waals surface area contributed by atoms with Crippen molar-refractivity contribution in [2.75, 3.05) is 0 Å². The van der Waals surface area contributed by atoms with Crippen LogP contribution in [0.5, 0.6) is 0 Å². The van der Waals surface area contributed by atoms with Gasteiger partial charge in [0.05, 0.1) is 5.92 Å². The first kappa shape index (κ1) is 17.8. The standard InChI is InChI=1S/C24H22O2/c25-18-22(16-19-10-4-1-5-11-19)24(26)17-23(20-12-6-2-7-13-20)21-14-8-3-9-15-21/h1-15,18,22-23H,16-17H2. The molecule has 0 aliphatic carbocycles. The third-order valence-corrected chi connectivity index (χ3v) is 4.69. The summed E-state index contributed by atoms with van der Waals surface area (Å²) in [5.41, 5.74) is 3.20. The predicted molar refractivity (Wildman–Crippen MR) is 104 cm³/mol. The summed E-state index contributed by atoms with van der Waals surface area (Å²) in [5, 5.41) is 0. The number of hydrogen-bond acceptors (Lipinski definition) is 2. The monoisotopic (exact) mass is 342 g/mol. The average Bonchev–Trinajstić information content (AvgIpc) is 2.72. The number of ketones is 1. The van der Waals surface area contributed by atoms with Crippen molar-refractivity contribution in [3.63, 3.8) is 0 Å². The van der Waals surface area contributed by atoms with Crippen molar-refractivity contribution in [1.82, 2.24) is 0 Å². The van der Waals surface area contributed by atoms with Gasteiger partial charge >= 0.3 is 0 Å². The highest BCUT2D eigenvalue weighted by Crippen LogP contribution is 2.29. The zero-order valence-electron chi connectivity index (χ0n) is 14.6. The lowest BCUT2D eigenvalue weighted by atomic mass is 9.83. The van der Waals surface area contributed by atoms with Crippen LogP contribution < -0.4 is 0 Å². The largest absolute Gasteiger partial charge is 0.303 e. The lowest BCUT2D eigenvalue weighted by Crippen LogP contribution is -2.21. The van der Waals surface area contributed by atoms with Gasteiger partial charge in [0.15, 0.2) is 0 Å². The molecule has 3 aromatic rings. The Kier molecular flexibility index (Phi) is 6.10. The number of aldehydes is 1. The van der Waals surface area contributed by atoms with E-state index in [-0.39, 0.29) is 11.7 Å². The van der Waals surface area contributed by atoms with Crippen molar-refractivity contribution in [3.8, 4) is 0 Å². The lowest BCUT2D eigenvalue weighted by Gasteiger charge is -2.19. The van der Waals surface area contributed by atoms with Crippen LogP contribution >= 0.6 is 0 Å². The Balaban J connectivity index is 1.81. The van der Waals surface area contributed by atoms with Crippen LogP contribution in [0.4, 0.5) is 0 Å². The average molecular weight is 342 g/mol. The van der Waals surface area contributed by atoms with E-state index in [9.17, 15) is 9.59 Å². The van der Waals surface area contributed by atoms with E-state index in [1.807, 2.05) is 91.0 Å². The highest BCUT2D eigenvalue weighted by atomic mass is 16.1. The summed E-state index contributed by atoms with van der Waals surface area (Å²) < 4.78 is 0. The van der Waals surface area contributed by atoms with Crippen molar-refractivity contribution < 1.29 is 9.59 Å². The molecule has 0 spiro atoms. The fraction of sp³-hybridized carbons (Fsp3) is 0.167. The predicted octanol–water partition coefficient (Wildman–Crippen LogP) is 4.84. The van der Waals surface area contributed by atoms with Crippen LogP contribution in [0.2, 0.25) is 0 Å². The van der Waals surface area contributed by atoms with Crippen molar-refractivity contribution in [2.45, 2.75) is 18.8 Å². The van der Waals surface area contributed by atoms with Crippen LogP contribution in [-0.2, 0) is 16.0 Å². The van der Waals surface area contributed by atoms with E-state index in [1.165, 1.54) is 0 Å². The van der Waals surface area contributed by atoms with E-state index in [4.69, 9.17) is 0 Å². The number of hydrogen-bond donors (Lipinski definition) is 0. The summed E-state index contributed by atoms with van der Waals surface area (Å²) in [6.07, 6.45) is 1.58. The number of carbonyl (C=O) groups is 2. The van der Waals surface area contributed by atoms with E-state index in [2.05, 4.69) is 0 Å². The Labute approximate surface area is 154 Å². The van der Waals surface area contributed by atoms with Crippen molar-refractivity contribution in [1.29, 1.82) is 0 Å². The first-order valence-electron chi connectivity index (χ1n) is 8.89. The van der Waals surface area contributed by atoms with E-state index in [0.29, 0.717) is 12.8 Å². The summed E-state index contributed by atoms with van der Waals surface area (Å²) in [7, 11) is 0. The molecule has 3 aromatic carbocycles. The van der Waals surface area contributed by atoms with Crippen molar-refractivity contribution in [2.24, 2.45) is 5.92 Å². The maximum Gasteiger partial charge on any atom is 0.144 e. The van der Waals surface area contributed by atoms with Crippen LogP contribution in [-0.4, -0.2) is 12.1 Å². The molecule has 2 nitrogen and oxygen atoms in total. The molecule has 2 heteroatoms. The van der Waals surface area contributed by atoms with Gasteiger partial charge in [-0.1, -0.05) is 91.0 Å². The Hall–Kier alpha value is -3.00. The third kappa shape index (κ3) is 4.54. The normalized spacial score (nSPS) is 11.9. The van der Waals surface area contributed by atoms with E-state index >= 15 is 0 Å². The van der Waals surface area contributed by atoms with Gasteiger partial charge in [-0.15, -0.1) is 0 Å². The Morgan fingerprint density at radius 2 is 1.19 bits per heavy atom. The van der Waals surface area contributed by atoms with Crippen LogP contribution in [0.1, 0.15) is 29.0 Å². The Morgan fingerprint density at radius 3 is 1.65 bits per heavy atom. The molecule has 0 amide bonds. The van der Waals surface area contributed by atoms with Crippen molar-refractivity contribution in [3.05, 3.63) is 108 Å². The van der Waals surface area contributed by atoms with Gasteiger partial charge in [0.25, 0.3) is 0 Å². The summed E-state index contributed by atoms with van der Waals surface area (Å²) >= 11 is 0. The molecule has 1 unspecified atom stereocenters. The molecular weight excluding hydrogens is 320 g/mol. The number of benzene rings is 3. The Bertz CT molecular complexity index is 786. The summed E-state index contributed by atoms with van der Waals surface area (Å²) in [6.45, 7) is 0. The van der Waals surface area contributed by atoms with Gasteiger partial charge in [0.2, 0.25) is 0 Å². The molecule has 0 fully saturated rings. The first-order valence-corrected chi connectivity index (χ1v) is 8.89. The molecule has 0 aliphatic heterocycles. The summed E-state index contributed by atoms with van der Waals surface area (Å²) in [4.78, 5) is 24.5. The Morgan fingerprint density at radius 1 is 0.731 bits per heavy atom. The summed E-state index contributed by atoms with van der Waals surface area (Å²) in [6, 6.07) is 29.7. The van der Waals surface area contributed by atoms with E-state index in [0.717, 1.165) is 23.0 Å². The molecule has 26 heavy (non-hydrogen) atoms. The molecule has 0 aromatic heterocycles. The van der Waals surface area contributed by atoms with Gasteiger partial charge in [0.1, 0.15) is 12.1 Å². The highest BCUT2D eigenvalue weighted by Gasteiger charge is 2.24. The number of rotatable bonds is 8. The maximum atomic E-state index is 12.9. The summed E-state index contributed by atoms with van der Waals surface area (Å²) in [5.74, 6) is -0.656. The van der Waals surface area contributed by atoms with Crippen LogP contribution in [0, 0.1) is 5.92 Å². The molecule has 0 saturated heterocycles. The van der Waals surface area contributed by atoms with Crippen molar-refractivity contribution >= 4 is 12.1 Å². The molecular formula is C24H22O2. The van der Waals surface area contributed by atoms with Crippen LogP contribution in [0.3, 0.4) is 0 Å². The van der Waals surface area contributed by atoms with Gasteiger partial charge in [-0.2, -0.15) is 0 Å². The topological polar surface area (TPSA) is 34.1 Å². The first-order chi connectivity index (χ1) is 12.8. The minimum Gasteiger partial charge on any atom is -0.303 e. The molecule has 0 radical (unpaired) electrons. The molecule has 0 heterocycles. The van der Waals surface area contributed by atoms with Gasteiger partial charge in [0, 0.05) is 12.3 Å². The van der Waals surface area contributed by atoms with E-state index in [1.54, 1.807) is 0 Å². The van der Waals surface area contributed by atoms with Gasteiger partial charge in [-0.05, 0) is 23.1 Å². The van der Waals surface area contributed by atoms with Gasteiger partial charge < -0.3 is 4.79 Å². The number of carbonyl (C=O) groups excluding carboxylic acids is 2. The fourth-order valence-corrected chi connectivity index (χ4v) is 3.26. The minimum atomic E-state index is -0.604. The molecule has 0 bridgehead atoms.